The zero-order valence-corrected chi connectivity index (χ0v) is 17.2. The van der Waals surface area contributed by atoms with Gasteiger partial charge in [-0.3, -0.25) is 0 Å². The lowest BCUT2D eigenvalue weighted by Crippen LogP contribution is -2.28. The van der Waals surface area contributed by atoms with Gasteiger partial charge in [0.15, 0.2) is 5.60 Å². The van der Waals surface area contributed by atoms with Gasteiger partial charge in [-0.25, -0.2) is 4.39 Å². The first-order valence-electron chi connectivity index (χ1n) is 9.65. The van der Waals surface area contributed by atoms with Crippen LogP contribution in [0.25, 0.3) is 6.08 Å². The molecule has 0 saturated carbocycles. The smallest absolute Gasteiger partial charge is 0.374 e. The maximum Gasteiger partial charge on any atom is 0.416 e. The Balaban J connectivity index is 2.13. The topological polar surface area (TPSA) is 20.2 Å². The highest BCUT2D eigenvalue weighted by Crippen LogP contribution is 2.41. The minimum absolute atomic E-state index is 0.146. The van der Waals surface area contributed by atoms with Crippen LogP contribution >= 0.6 is 0 Å². The summed E-state index contributed by atoms with van der Waals surface area (Å²) in [6, 6.07) is 8.29. The number of hydrogen-bond acceptors (Lipinski definition) is 1. The zero-order valence-electron chi connectivity index (χ0n) is 17.2. The molecule has 0 radical (unpaired) electrons. The van der Waals surface area contributed by atoms with Gasteiger partial charge in [-0.2, -0.15) is 39.5 Å². The molecule has 0 atom stereocenters. The second kappa shape index (κ2) is 9.03. The zero-order chi connectivity index (χ0) is 26.2. The molecule has 186 valence electrons. The Morgan fingerprint density at radius 3 is 1.03 bits per heavy atom. The van der Waals surface area contributed by atoms with Crippen molar-refractivity contribution in [1.29, 1.82) is 0 Å². The van der Waals surface area contributed by atoms with Crippen LogP contribution in [-0.4, -0.2) is 5.11 Å². The van der Waals surface area contributed by atoms with E-state index in [9.17, 15) is 44.6 Å². The predicted octanol–water partition coefficient (Wildman–Crippen LogP) is 7.99. The molecule has 0 bridgehead atoms. The Morgan fingerprint density at radius 2 is 0.743 bits per heavy atom. The molecular weight excluding hydrogens is 494 g/mol. The number of aliphatic hydroxyl groups is 1. The normalized spacial score (nSPS) is 13.7. The summed E-state index contributed by atoms with van der Waals surface area (Å²) in [4.78, 5) is 0. The Morgan fingerprint density at radius 1 is 0.486 bits per heavy atom. The fraction of sp³-hybridized carbons (Fsp3) is 0.167. The van der Waals surface area contributed by atoms with E-state index in [-0.39, 0.29) is 5.56 Å². The molecule has 0 aromatic heterocycles. The van der Waals surface area contributed by atoms with Crippen LogP contribution in [0.15, 0.2) is 78.6 Å². The molecule has 0 aliphatic carbocycles. The molecule has 1 nitrogen and oxygen atoms in total. The second-order valence-corrected chi connectivity index (χ2v) is 7.47. The number of benzene rings is 3. The maximum atomic E-state index is 15.5. The molecule has 0 amide bonds. The average molecular weight is 508 g/mol. The minimum atomic E-state index is -4.75. The third kappa shape index (κ3) is 5.67. The van der Waals surface area contributed by atoms with Gasteiger partial charge in [0.05, 0.1) is 16.7 Å². The van der Waals surface area contributed by atoms with Gasteiger partial charge in [0.2, 0.25) is 0 Å². The number of alkyl halides is 9. The van der Waals surface area contributed by atoms with Crippen LogP contribution in [0.4, 0.5) is 43.9 Å². The first-order valence-corrected chi connectivity index (χ1v) is 9.65. The van der Waals surface area contributed by atoms with Crippen LogP contribution in [0.2, 0.25) is 0 Å². The number of rotatable bonds is 4. The van der Waals surface area contributed by atoms with E-state index in [1.54, 1.807) is 0 Å². The van der Waals surface area contributed by atoms with E-state index in [0.29, 0.717) is 42.5 Å². The summed E-state index contributed by atoms with van der Waals surface area (Å²) in [6.07, 6.45) is -13.5. The van der Waals surface area contributed by atoms with Crippen molar-refractivity contribution in [2.75, 3.05) is 0 Å². The van der Waals surface area contributed by atoms with Crippen molar-refractivity contribution >= 4 is 6.08 Å². The highest BCUT2D eigenvalue weighted by molar-refractivity contribution is 5.58. The van der Waals surface area contributed by atoms with E-state index in [1.165, 1.54) is 0 Å². The standard InChI is InChI=1S/C24H14F10O/c25-20(13-14-1-3-17(4-2-14)22(26,27)28)21(35,15-5-9-18(10-6-15)23(29,30)31)16-7-11-19(12-8-16)24(32,33)34/h1-13,35H/b20-13-. The molecule has 0 aliphatic rings. The summed E-state index contributed by atoms with van der Waals surface area (Å²) < 4.78 is 131. The van der Waals surface area contributed by atoms with Gasteiger partial charge in [0, 0.05) is 0 Å². The molecule has 11 heteroatoms. The van der Waals surface area contributed by atoms with Gasteiger partial charge < -0.3 is 5.11 Å². The third-order valence-electron chi connectivity index (χ3n) is 5.14. The van der Waals surface area contributed by atoms with Crippen molar-refractivity contribution in [3.63, 3.8) is 0 Å². The van der Waals surface area contributed by atoms with Crippen LogP contribution < -0.4 is 0 Å². The molecule has 0 unspecified atom stereocenters. The molecular formula is C24H14F10O. The van der Waals surface area contributed by atoms with Crippen molar-refractivity contribution < 1.29 is 49.0 Å². The molecule has 0 heterocycles. The number of hydrogen-bond donors (Lipinski definition) is 1. The summed E-state index contributed by atoms with van der Waals surface area (Å²) in [7, 11) is 0. The lowest BCUT2D eigenvalue weighted by Gasteiger charge is -2.28. The Hall–Kier alpha value is -3.34. The molecule has 0 saturated heterocycles. The molecule has 3 aromatic carbocycles. The summed E-state index contributed by atoms with van der Waals surface area (Å²) >= 11 is 0. The van der Waals surface area contributed by atoms with Gasteiger partial charge in [0.1, 0.15) is 5.83 Å². The largest absolute Gasteiger partial charge is 0.416 e. The van der Waals surface area contributed by atoms with E-state index < -0.39 is 57.8 Å². The molecule has 3 rings (SSSR count). The highest BCUT2D eigenvalue weighted by atomic mass is 19.4. The van der Waals surface area contributed by atoms with Crippen molar-refractivity contribution in [1.82, 2.24) is 0 Å². The molecule has 0 aliphatic heterocycles. The van der Waals surface area contributed by atoms with Crippen LogP contribution in [-0.2, 0) is 24.1 Å². The van der Waals surface area contributed by atoms with Crippen molar-refractivity contribution in [3.8, 4) is 0 Å². The summed E-state index contributed by atoms with van der Waals surface area (Å²) in [5.74, 6) is -1.45. The molecule has 35 heavy (non-hydrogen) atoms. The molecule has 3 aromatic rings. The van der Waals surface area contributed by atoms with Gasteiger partial charge in [-0.1, -0.05) is 36.4 Å². The van der Waals surface area contributed by atoms with Crippen molar-refractivity contribution in [3.05, 3.63) is 112 Å². The number of halogens is 10. The predicted molar refractivity (Wildman–Crippen MR) is 106 cm³/mol. The molecule has 1 N–H and O–H groups in total. The van der Waals surface area contributed by atoms with Gasteiger partial charge in [-0.15, -0.1) is 0 Å². The Labute approximate surface area is 191 Å². The lowest BCUT2D eigenvalue weighted by molar-refractivity contribution is -0.138. The fourth-order valence-electron chi connectivity index (χ4n) is 3.26. The molecule has 0 fully saturated rings. The van der Waals surface area contributed by atoms with E-state index >= 15 is 4.39 Å². The average Bonchev–Trinajstić information content (AvgIpc) is 2.77. The summed E-state index contributed by atoms with van der Waals surface area (Å²) in [6.45, 7) is 0. The summed E-state index contributed by atoms with van der Waals surface area (Å²) in [5, 5.41) is 11.3. The van der Waals surface area contributed by atoms with Gasteiger partial charge in [0.25, 0.3) is 0 Å². The van der Waals surface area contributed by atoms with E-state index in [2.05, 4.69) is 0 Å². The van der Waals surface area contributed by atoms with Crippen LogP contribution in [0.5, 0.6) is 0 Å². The quantitative estimate of drug-likeness (QED) is 0.354. The Bertz CT molecular complexity index is 1130. The van der Waals surface area contributed by atoms with E-state index in [4.69, 9.17) is 0 Å². The van der Waals surface area contributed by atoms with Crippen LogP contribution in [0, 0.1) is 0 Å². The van der Waals surface area contributed by atoms with Crippen molar-refractivity contribution in [2.24, 2.45) is 0 Å². The lowest BCUT2D eigenvalue weighted by atomic mass is 9.83. The summed E-state index contributed by atoms with van der Waals surface area (Å²) in [5.41, 5.74) is -7.18. The SMILES string of the molecule is OC(/C(F)=C/c1ccc(C(F)(F)F)cc1)(c1ccc(C(F)(F)F)cc1)c1ccc(C(F)(F)F)cc1. The fourth-order valence-corrected chi connectivity index (χ4v) is 3.26. The first-order chi connectivity index (χ1) is 16.0. The second-order valence-electron chi connectivity index (χ2n) is 7.47. The van der Waals surface area contributed by atoms with E-state index in [0.717, 1.165) is 36.4 Å². The van der Waals surface area contributed by atoms with Crippen LogP contribution in [0.1, 0.15) is 33.4 Å². The highest BCUT2D eigenvalue weighted by Gasteiger charge is 2.39. The van der Waals surface area contributed by atoms with Gasteiger partial charge in [-0.05, 0) is 59.2 Å². The monoisotopic (exact) mass is 508 g/mol. The van der Waals surface area contributed by atoms with Crippen LogP contribution in [0.3, 0.4) is 0 Å². The van der Waals surface area contributed by atoms with Crippen molar-refractivity contribution in [2.45, 2.75) is 24.1 Å². The minimum Gasteiger partial charge on any atom is -0.374 e. The maximum absolute atomic E-state index is 15.5. The first kappa shape index (κ1) is 26.3. The molecule has 0 spiro atoms. The van der Waals surface area contributed by atoms with E-state index in [1.807, 2.05) is 0 Å². The Kier molecular flexibility index (Phi) is 6.78. The van der Waals surface area contributed by atoms with Gasteiger partial charge >= 0.3 is 18.5 Å². The third-order valence-corrected chi connectivity index (χ3v) is 5.14.